The van der Waals surface area contributed by atoms with Crippen molar-refractivity contribution in [2.75, 3.05) is 18.4 Å². The van der Waals surface area contributed by atoms with E-state index in [1.54, 1.807) is 36.4 Å². The number of amides is 1. The number of aryl methyl sites for hydroxylation is 1. The van der Waals surface area contributed by atoms with Crippen LogP contribution in [0.4, 0.5) is 5.82 Å². The van der Waals surface area contributed by atoms with Crippen LogP contribution in [0.15, 0.2) is 47.5 Å². The van der Waals surface area contributed by atoms with Crippen molar-refractivity contribution < 1.29 is 4.79 Å². The molecule has 0 bridgehead atoms. The van der Waals surface area contributed by atoms with Crippen molar-refractivity contribution in [3.63, 3.8) is 0 Å². The Hall–Kier alpha value is -3.55. The summed E-state index contributed by atoms with van der Waals surface area (Å²) in [6.45, 7) is 4.85. The molecule has 0 aromatic carbocycles. The van der Waals surface area contributed by atoms with Gasteiger partial charge in [0.1, 0.15) is 17.3 Å². The van der Waals surface area contributed by atoms with E-state index in [0.29, 0.717) is 35.9 Å². The Morgan fingerprint density at radius 3 is 2.76 bits per heavy atom. The summed E-state index contributed by atoms with van der Waals surface area (Å²) in [7, 11) is 0. The Balaban J connectivity index is 1.41. The maximum Gasteiger partial charge on any atom is 0.272 e. The lowest BCUT2D eigenvalue weighted by Gasteiger charge is -2.17. The van der Waals surface area contributed by atoms with Crippen LogP contribution < -0.4 is 10.9 Å². The topological polar surface area (TPSA) is 104 Å². The number of anilines is 1. The molecule has 0 spiro atoms. The van der Waals surface area contributed by atoms with E-state index in [-0.39, 0.29) is 17.5 Å². The predicted molar refractivity (Wildman–Crippen MR) is 110 cm³/mol. The van der Waals surface area contributed by atoms with Gasteiger partial charge in [0, 0.05) is 48.3 Å². The first-order chi connectivity index (χ1) is 14.0. The molecule has 3 aromatic rings. The number of aromatic nitrogens is 4. The zero-order chi connectivity index (χ0) is 20.4. The Bertz CT molecular complexity index is 1080. The molecule has 1 amide bonds. The number of carbonyl (C=O) groups excluding carboxylic acids is 1. The second-order valence-corrected chi connectivity index (χ2v) is 7.15. The quantitative estimate of drug-likeness (QED) is 0.708. The minimum absolute atomic E-state index is 0.0528. The van der Waals surface area contributed by atoms with Gasteiger partial charge in [-0.1, -0.05) is 6.07 Å². The second-order valence-electron chi connectivity index (χ2n) is 7.15. The molecule has 8 heteroatoms. The van der Waals surface area contributed by atoms with Crippen molar-refractivity contribution in [2.45, 2.75) is 26.3 Å². The lowest BCUT2D eigenvalue weighted by Crippen LogP contribution is -2.32. The number of pyridine rings is 2. The third-order valence-electron chi connectivity index (χ3n) is 5.14. The molecule has 148 valence electrons. The van der Waals surface area contributed by atoms with Gasteiger partial charge in [0.25, 0.3) is 11.5 Å². The average Bonchev–Trinajstić information content (AvgIpc) is 3.21. The standard InChI is InChI=1S/C21H22N6O2/c1-13-14(2)24-19(26-20(13)28)15-6-7-18(23-11-15)25-16-8-10-27(12-16)21(29)17-5-3-4-9-22-17/h3-7,9,11,16H,8,10,12H2,1-2H3,(H,23,25)(H,24,26,28). The average molecular weight is 390 g/mol. The Labute approximate surface area is 168 Å². The first kappa shape index (κ1) is 18.8. The van der Waals surface area contributed by atoms with Crippen LogP contribution in [0.25, 0.3) is 11.4 Å². The normalized spacial score (nSPS) is 16.1. The van der Waals surface area contributed by atoms with E-state index < -0.39 is 0 Å². The number of hydrogen-bond donors (Lipinski definition) is 2. The molecule has 1 saturated heterocycles. The van der Waals surface area contributed by atoms with Crippen LogP contribution in [0.3, 0.4) is 0 Å². The van der Waals surface area contributed by atoms with Gasteiger partial charge >= 0.3 is 0 Å². The Morgan fingerprint density at radius 1 is 1.21 bits per heavy atom. The van der Waals surface area contributed by atoms with Crippen molar-refractivity contribution in [3.05, 3.63) is 70.0 Å². The van der Waals surface area contributed by atoms with E-state index in [2.05, 4.69) is 25.3 Å². The van der Waals surface area contributed by atoms with Gasteiger partial charge in [-0.2, -0.15) is 0 Å². The van der Waals surface area contributed by atoms with Gasteiger partial charge in [-0.05, 0) is 44.5 Å². The minimum Gasteiger partial charge on any atom is -0.365 e. The summed E-state index contributed by atoms with van der Waals surface area (Å²) in [5.41, 5.74) is 2.39. The summed E-state index contributed by atoms with van der Waals surface area (Å²) >= 11 is 0. The molecular formula is C21H22N6O2. The Kier molecular flexibility index (Phi) is 5.07. The van der Waals surface area contributed by atoms with Gasteiger partial charge in [0.15, 0.2) is 0 Å². The third kappa shape index (κ3) is 4.01. The first-order valence-electron chi connectivity index (χ1n) is 9.52. The molecule has 0 radical (unpaired) electrons. The van der Waals surface area contributed by atoms with Crippen LogP contribution in [0.2, 0.25) is 0 Å². The molecule has 2 N–H and O–H groups in total. The summed E-state index contributed by atoms with van der Waals surface area (Å²) in [5, 5.41) is 3.37. The fourth-order valence-corrected chi connectivity index (χ4v) is 3.32. The summed E-state index contributed by atoms with van der Waals surface area (Å²) < 4.78 is 0. The molecule has 1 aliphatic heterocycles. The highest BCUT2D eigenvalue weighted by Gasteiger charge is 2.27. The zero-order valence-corrected chi connectivity index (χ0v) is 16.3. The van der Waals surface area contributed by atoms with Gasteiger partial charge in [0.2, 0.25) is 0 Å². The second kappa shape index (κ2) is 7.83. The monoisotopic (exact) mass is 390 g/mol. The highest BCUT2D eigenvalue weighted by atomic mass is 16.2. The minimum atomic E-state index is -0.140. The Morgan fingerprint density at radius 2 is 2.07 bits per heavy atom. The number of nitrogens with zero attached hydrogens (tertiary/aromatic N) is 4. The van der Waals surface area contributed by atoms with Crippen molar-refractivity contribution in [2.24, 2.45) is 0 Å². The predicted octanol–water partition coefficient (Wildman–Crippen LogP) is 2.17. The lowest BCUT2D eigenvalue weighted by atomic mass is 10.2. The van der Waals surface area contributed by atoms with E-state index in [4.69, 9.17) is 0 Å². The van der Waals surface area contributed by atoms with E-state index in [1.165, 1.54) is 0 Å². The van der Waals surface area contributed by atoms with Crippen LogP contribution in [-0.2, 0) is 0 Å². The number of H-pyrrole nitrogens is 1. The van der Waals surface area contributed by atoms with Gasteiger partial charge in [-0.3, -0.25) is 14.6 Å². The maximum atomic E-state index is 12.5. The molecule has 1 aliphatic rings. The molecule has 1 atom stereocenters. The molecule has 3 aromatic heterocycles. The molecule has 8 nitrogen and oxygen atoms in total. The van der Waals surface area contributed by atoms with Gasteiger partial charge in [0.05, 0.1) is 0 Å². The van der Waals surface area contributed by atoms with Crippen LogP contribution in [0.1, 0.15) is 28.2 Å². The van der Waals surface area contributed by atoms with E-state index in [0.717, 1.165) is 17.8 Å². The van der Waals surface area contributed by atoms with Gasteiger partial charge < -0.3 is 15.2 Å². The summed E-state index contributed by atoms with van der Waals surface area (Å²) in [6.07, 6.45) is 4.15. The van der Waals surface area contributed by atoms with Crippen LogP contribution in [0, 0.1) is 13.8 Å². The maximum absolute atomic E-state index is 12.5. The fraction of sp³-hybridized carbons (Fsp3) is 0.286. The molecular weight excluding hydrogens is 368 g/mol. The molecule has 1 unspecified atom stereocenters. The highest BCUT2D eigenvalue weighted by Crippen LogP contribution is 2.19. The van der Waals surface area contributed by atoms with E-state index in [9.17, 15) is 9.59 Å². The number of carbonyl (C=O) groups is 1. The number of aromatic amines is 1. The number of rotatable bonds is 4. The van der Waals surface area contributed by atoms with Gasteiger partial charge in [-0.15, -0.1) is 0 Å². The smallest absolute Gasteiger partial charge is 0.272 e. The number of likely N-dealkylation sites (tertiary alicyclic amines) is 1. The lowest BCUT2D eigenvalue weighted by molar-refractivity contribution is 0.0786. The number of nitrogens with one attached hydrogen (secondary N) is 2. The molecule has 29 heavy (non-hydrogen) atoms. The largest absolute Gasteiger partial charge is 0.365 e. The molecule has 4 heterocycles. The molecule has 4 rings (SSSR count). The number of hydrogen-bond acceptors (Lipinski definition) is 6. The summed E-state index contributed by atoms with van der Waals surface area (Å²) in [5.74, 6) is 1.17. The van der Waals surface area contributed by atoms with Gasteiger partial charge in [-0.25, -0.2) is 9.97 Å². The zero-order valence-electron chi connectivity index (χ0n) is 16.3. The van der Waals surface area contributed by atoms with Crippen LogP contribution >= 0.6 is 0 Å². The van der Waals surface area contributed by atoms with E-state index in [1.807, 2.05) is 25.1 Å². The van der Waals surface area contributed by atoms with Crippen molar-refractivity contribution >= 4 is 11.7 Å². The molecule has 0 saturated carbocycles. The summed E-state index contributed by atoms with van der Waals surface area (Å²) in [6, 6.07) is 9.19. The van der Waals surface area contributed by atoms with Crippen molar-refractivity contribution in [1.82, 2.24) is 24.8 Å². The van der Waals surface area contributed by atoms with Crippen molar-refractivity contribution in [1.29, 1.82) is 0 Å². The van der Waals surface area contributed by atoms with Crippen LogP contribution in [0.5, 0.6) is 0 Å². The third-order valence-corrected chi connectivity index (χ3v) is 5.14. The fourth-order valence-electron chi connectivity index (χ4n) is 3.32. The highest BCUT2D eigenvalue weighted by molar-refractivity contribution is 5.92. The first-order valence-corrected chi connectivity index (χ1v) is 9.52. The summed E-state index contributed by atoms with van der Waals surface area (Å²) in [4.78, 5) is 42.1. The van der Waals surface area contributed by atoms with Crippen molar-refractivity contribution in [3.8, 4) is 11.4 Å². The van der Waals surface area contributed by atoms with Crippen LogP contribution in [-0.4, -0.2) is 49.9 Å². The molecule has 0 aliphatic carbocycles. The SMILES string of the molecule is Cc1nc(-c2ccc(NC3CCN(C(=O)c4ccccn4)C3)nc2)[nH]c(=O)c1C. The molecule has 1 fully saturated rings. The van der Waals surface area contributed by atoms with E-state index >= 15 is 0 Å².